The maximum atomic E-state index is 12.4. The van der Waals surface area contributed by atoms with Gasteiger partial charge >= 0.3 is 0 Å². The van der Waals surface area contributed by atoms with Crippen LogP contribution in [0.4, 0.5) is 0 Å². The summed E-state index contributed by atoms with van der Waals surface area (Å²) < 4.78 is 0. The Kier molecular flexibility index (Phi) is 6.45. The van der Waals surface area contributed by atoms with Crippen LogP contribution in [0, 0.1) is 5.41 Å². The van der Waals surface area contributed by atoms with Crippen LogP contribution in [0.5, 0.6) is 0 Å². The Hall–Kier alpha value is -1.79. The molecule has 0 unspecified atom stereocenters. The van der Waals surface area contributed by atoms with Crippen molar-refractivity contribution in [3.63, 3.8) is 0 Å². The first-order chi connectivity index (χ1) is 9.92. The maximum absolute atomic E-state index is 12.4. The first kappa shape index (κ1) is 17.3. The molecular weight excluding hydrogens is 272 g/mol. The van der Waals surface area contributed by atoms with Crippen molar-refractivity contribution in [2.24, 2.45) is 16.3 Å². The Labute approximate surface area is 125 Å². The highest BCUT2D eigenvalue weighted by Crippen LogP contribution is 2.36. The lowest BCUT2D eigenvalue weighted by atomic mass is 9.72. The van der Waals surface area contributed by atoms with Crippen molar-refractivity contribution >= 4 is 17.6 Å². The van der Waals surface area contributed by atoms with Crippen LogP contribution >= 0.6 is 0 Å². The molecule has 1 aliphatic rings. The summed E-state index contributed by atoms with van der Waals surface area (Å²) in [5, 5.41) is 17.5. The zero-order valence-electron chi connectivity index (χ0n) is 12.8. The number of amides is 2. The van der Waals surface area contributed by atoms with Gasteiger partial charge in [0.15, 0.2) is 5.84 Å². The van der Waals surface area contributed by atoms with E-state index < -0.39 is 5.41 Å². The van der Waals surface area contributed by atoms with Crippen molar-refractivity contribution in [1.29, 1.82) is 0 Å². The lowest BCUT2D eigenvalue weighted by Crippen LogP contribution is -2.51. The fraction of sp³-hybridized carbons (Fsp3) is 0.786. The molecule has 1 saturated carbocycles. The summed E-state index contributed by atoms with van der Waals surface area (Å²) in [7, 11) is 0. The minimum atomic E-state index is -0.929. The van der Waals surface area contributed by atoms with Gasteiger partial charge in [0.2, 0.25) is 11.8 Å². The van der Waals surface area contributed by atoms with E-state index in [4.69, 9.17) is 10.9 Å². The number of carbonyl (C=O) groups is 2. The second-order valence-corrected chi connectivity index (χ2v) is 5.86. The first-order valence-electron chi connectivity index (χ1n) is 7.48. The summed E-state index contributed by atoms with van der Waals surface area (Å²) in [5.41, 5.74) is 4.81. The number of nitrogens with two attached hydrogens (primary N) is 1. The molecule has 0 saturated heterocycles. The summed E-state index contributed by atoms with van der Waals surface area (Å²) in [6.07, 6.45) is 4.16. The van der Waals surface area contributed by atoms with Crippen LogP contribution in [0.2, 0.25) is 0 Å². The van der Waals surface area contributed by atoms with Gasteiger partial charge in [-0.05, 0) is 26.7 Å². The molecule has 0 aromatic rings. The smallest absolute Gasteiger partial charge is 0.233 e. The van der Waals surface area contributed by atoms with Crippen molar-refractivity contribution in [3.8, 4) is 0 Å². The monoisotopic (exact) mass is 298 g/mol. The van der Waals surface area contributed by atoms with Crippen LogP contribution in [0.25, 0.3) is 0 Å². The number of carbonyl (C=O) groups excluding carboxylic acids is 2. The minimum absolute atomic E-state index is 0.0358. The second kappa shape index (κ2) is 7.85. The van der Waals surface area contributed by atoms with Crippen LogP contribution in [0.3, 0.4) is 0 Å². The normalized spacial score (nSPS) is 18.3. The molecule has 0 radical (unpaired) electrons. The predicted molar refractivity (Wildman–Crippen MR) is 79.8 cm³/mol. The van der Waals surface area contributed by atoms with Crippen molar-refractivity contribution in [3.05, 3.63) is 0 Å². The summed E-state index contributed by atoms with van der Waals surface area (Å²) in [4.78, 5) is 23.9. The van der Waals surface area contributed by atoms with Crippen LogP contribution in [-0.4, -0.2) is 35.4 Å². The number of rotatable bonds is 6. The fourth-order valence-electron chi connectivity index (χ4n) is 2.70. The Balaban J connectivity index is 2.56. The molecule has 0 bridgehead atoms. The summed E-state index contributed by atoms with van der Waals surface area (Å²) >= 11 is 0. The average Bonchev–Trinajstić information content (AvgIpc) is 2.46. The molecule has 1 fully saturated rings. The molecule has 2 amide bonds. The van der Waals surface area contributed by atoms with E-state index in [0.717, 1.165) is 19.3 Å². The minimum Gasteiger partial charge on any atom is -0.409 e. The van der Waals surface area contributed by atoms with Crippen molar-refractivity contribution < 1.29 is 14.8 Å². The van der Waals surface area contributed by atoms with Gasteiger partial charge in [-0.3, -0.25) is 9.59 Å². The Morgan fingerprint density at radius 1 is 1.29 bits per heavy atom. The summed E-state index contributed by atoms with van der Waals surface area (Å²) in [5.74, 6) is -0.395. The first-order valence-corrected chi connectivity index (χ1v) is 7.48. The fourth-order valence-corrected chi connectivity index (χ4v) is 2.70. The number of nitrogens with zero attached hydrogens (tertiary/aromatic N) is 1. The quantitative estimate of drug-likeness (QED) is 0.250. The highest BCUT2D eigenvalue weighted by atomic mass is 16.4. The van der Waals surface area contributed by atoms with Gasteiger partial charge in [-0.25, -0.2) is 0 Å². The molecule has 7 nitrogen and oxygen atoms in total. The molecule has 120 valence electrons. The molecule has 0 spiro atoms. The molecule has 0 heterocycles. The van der Waals surface area contributed by atoms with Gasteiger partial charge in [-0.15, -0.1) is 0 Å². The Morgan fingerprint density at radius 3 is 2.43 bits per heavy atom. The third-order valence-electron chi connectivity index (χ3n) is 3.83. The highest BCUT2D eigenvalue weighted by Gasteiger charge is 2.43. The summed E-state index contributed by atoms with van der Waals surface area (Å²) in [6, 6.07) is 0.0788. The average molecular weight is 298 g/mol. The van der Waals surface area contributed by atoms with Gasteiger partial charge in [-0.1, -0.05) is 24.4 Å². The molecule has 0 aromatic carbocycles. The lowest BCUT2D eigenvalue weighted by molar-refractivity contribution is -0.129. The summed E-state index contributed by atoms with van der Waals surface area (Å²) in [6.45, 7) is 4.01. The number of hydrogen-bond acceptors (Lipinski definition) is 4. The third-order valence-corrected chi connectivity index (χ3v) is 3.83. The third kappa shape index (κ3) is 4.61. The predicted octanol–water partition coefficient (Wildman–Crippen LogP) is 0.714. The maximum Gasteiger partial charge on any atom is 0.233 e. The standard InChI is InChI=1S/C14H26N4O3/c1-10(2)17-11(19)6-9-16-13(20)14(12(15)18-21)7-4-3-5-8-14/h10,21H,3-9H2,1-2H3,(H2,15,18)(H,16,20)(H,17,19). The molecule has 1 rings (SSSR count). The number of nitrogens with one attached hydrogen (secondary N) is 2. The van der Waals surface area contributed by atoms with E-state index in [-0.39, 0.29) is 36.7 Å². The number of hydrogen-bond donors (Lipinski definition) is 4. The van der Waals surface area contributed by atoms with Crippen molar-refractivity contribution in [1.82, 2.24) is 10.6 Å². The van der Waals surface area contributed by atoms with E-state index in [2.05, 4.69) is 15.8 Å². The van der Waals surface area contributed by atoms with Crippen LogP contribution in [0.1, 0.15) is 52.4 Å². The molecule has 5 N–H and O–H groups in total. The van der Waals surface area contributed by atoms with E-state index in [9.17, 15) is 9.59 Å². The molecule has 21 heavy (non-hydrogen) atoms. The zero-order chi connectivity index (χ0) is 15.9. The van der Waals surface area contributed by atoms with E-state index >= 15 is 0 Å². The number of amidine groups is 1. The SMILES string of the molecule is CC(C)NC(=O)CCNC(=O)C1(C(N)=NO)CCCCC1. The van der Waals surface area contributed by atoms with Crippen LogP contribution in [-0.2, 0) is 9.59 Å². The molecule has 1 aliphatic carbocycles. The van der Waals surface area contributed by atoms with Crippen molar-refractivity contribution in [2.75, 3.05) is 6.54 Å². The van der Waals surface area contributed by atoms with E-state index in [1.165, 1.54) is 0 Å². The Morgan fingerprint density at radius 2 is 1.90 bits per heavy atom. The topological polar surface area (TPSA) is 117 Å². The van der Waals surface area contributed by atoms with E-state index in [1.807, 2.05) is 13.8 Å². The van der Waals surface area contributed by atoms with Gasteiger partial charge in [0.1, 0.15) is 5.41 Å². The van der Waals surface area contributed by atoms with Crippen LogP contribution in [0.15, 0.2) is 5.16 Å². The van der Waals surface area contributed by atoms with Crippen LogP contribution < -0.4 is 16.4 Å². The second-order valence-electron chi connectivity index (χ2n) is 5.86. The lowest BCUT2D eigenvalue weighted by Gasteiger charge is -2.34. The van der Waals surface area contributed by atoms with E-state index in [0.29, 0.717) is 12.8 Å². The van der Waals surface area contributed by atoms with Gasteiger partial charge in [-0.2, -0.15) is 0 Å². The largest absolute Gasteiger partial charge is 0.409 e. The van der Waals surface area contributed by atoms with Gasteiger partial charge in [0, 0.05) is 19.0 Å². The van der Waals surface area contributed by atoms with E-state index in [1.54, 1.807) is 0 Å². The molecule has 0 atom stereocenters. The van der Waals surface area contributed by atoms with Gasteiger partial charge in [0.05, 0.1) is 0 Å². The molecule has 0 aliphatic heterocycles. The van der Waals surface area contributed by atoms with Gasteiger partial charge in [0.25, 0.3) is 0 Å². The molecular formula is C14H26N4O3. The molecule has 7 heteroatoms. The highest BCUT2D eigenvalue weighted by molar-refractivity contribution is 6.06. The zero-order valence-corrected chi connectivity index (χ0v) is 12.8. The van der Waals surface area contributed by atoms with Crippen molar-refractivity contribution in [2.45, 2.75) is 58.4 Å². The molecule has 0 aromatic heterocycles. The van der Waals surface area contributed by atoms with Gasteiger partial charge < -0.3 is 21.6 Å². The Bertz CT molecular complexity index is 401. The number of oxime groups is 1.